The van der Waals surface area contributed by atoms with Crippen LogP contribution in [0.1, 0.15) is 11.7 Å². The van der Waals surface area contributed by atoms with Crippen LogP contribution in [0.25, 0.3) is 0 Å². The summed E-state index contributed by atoms with van der Waals surface area (Å²) >= 11 is 2.92. The van der Waals surface area contributed by atoms with Crippen molar-refractivity contribution in [3.05, 3.63) is 22.2 Å². The molecule has 0 aromatic heterocycles. The highest BCUT2D eigenvalue weighted by Gasteiger charge is 2.24. The van der Waals surface area contributed by atoms with Gasteiger partial charge in [0, 0.05) is 5.56 Å². The van der Waals surface area contributed by atoms with Crippen LogP contribution in [0.3, 0.4) is 0 Å². The molecule has 0 saturated heterocycles. The Kier molecular flexibility index (Phi) is 3.87. The van der Waals surface area contributed by atoms with Gasteiger partial charge in [-0.05, 0) is 22.0 Å². The zero-order chi connectivity index (χ0) is 11.6. The minimum atomic E-state index is -2.91. The van der Waals surface area contributed by atoms with Gasteiger partial charge in [0.25, 0.3) is 6.43 Å². The Hall–Kier alpha value is -0.880. The third kappa shape index (κ3) is 2.38. The number of hydrogen-bond donors (Lipinski definition) is 2. The van der Waals surface area contributed by atoms with E-state index in [0.29, 0.717) is 0 Å². The average Bonchev–Trinajstić information content (AvgIpc) is 2.21. The van der Waals surface area contributed by atoms with Crippen LogP contribution in [-0.2, 0) is 0 Å². The summed E-state index contributed by atoms with van der Waals surface area (Å²) in [5.41, 5.74) is -0.0803. The molecule has 0 heterocycles. The van der Waals surface area contributed by atoms with Gasteiger partial charge in [-0.15, -0.1) is 0 Å². The van der Waals surface area contributed by atoms with E-state index >= 15 is 0 Å². The van der Waals surface area contributed by atoms with Crippen molar-refractivity contribution >= 4 is 15.9 Å². The van der Waals surface area contributed by atoms with Crippen molar-refractivity contribution < 1.29 is 23.7 Å². The monoisotopic (exact) mass is 282 g/mol. The van der Waals surface area contributed by atoms with Crippen LogP contribution in [0.5, 0.6) is 11.5 Å². The molecule has 0 amide bonds. The molecule has 0 aliphatic carbocycles. The number of aromatic hydroxyl groups is 1. The van der Waals surface area contributed by atoms with Gasteiger partial charge in [-0.3, -0.25) is 0 Å². The molecule has 2 N–H and O–H groups in total. The summed E-state index contributed by atoms with van der Waals surface area (Å²) < 4.78 is 29.2. The largest absolute Gasteiger partial charge is 0.503 e. The topological polar surface area (TPSA) is 49.7 Å². The lowest BCUT2D eigenvalue weighted by molar-refractivity contribution is -0.00631. The summed E-state index contributed by atoms with van der Waals surface area (Å²) in [7, 11) is 1.34. The highest BCUT2D eigenvalue weighted by Crippen LogP contribution is 2.39. The quantitative estimate of drug-likeness (QED) is 0.895. The molecule has 0 radical (unpaired) electrons. The van der Waals surface area contributed by atoms with Gasteiger partial charge < -0.3 is 14.9 Å². The number of benzene rings is 1. The van der Waals surface area contributed by atoms with Crippen LogP contribution < -0.4 is 4.74 Å². The van der Waals surface area contributed by atoms with Crippen LogP contribution in [-0.4, -0.2) is 23.7 Å². The Morgan fingerprint density at radius 1 is 1.40 bits per heavy atom. The number of hydrogen-bond acceptors (Lipinski definition) is 3. The van der Waals surface area contributed by atoms with Gasteiger partial charge in [0.2, 0.25) is 0 Å². The Morgan fingerprint density at radius 2 is 2.00 bits per heavy atom. The predicted octanol–water partition coefficient (Wildman–Crippen LogP) is 2.46. The molecule has 1 unspecified atom stereocenters. The summed E-state index contributed by atoms with van der Waals surface area (Å²) in [4.78, 5) is 0. The van der Waals surface area contributed by atoms with E-state index in [1.165, 1.54) is 19.2 Å². The van der Waals surface area contributed by atoms with Gasteiger partial charge in [-0.2, -0.15) is 0 Å². The maximum atomic E-state index is 12.2. The second-order valence-corrected chi connectivity index (χ2v) is 3.59. The molecule has 1 rings (SSSR count). The van der Waals surface area contributed by atoms with Crippen LogP contribution in [0.4, 0.5) is 8.78 Å². The van der Waals surface area contributed by atoms with Gasteiger partial charge in [0.1, 0.15) is 6.10 Å². The normalized spacial score (nSPS) is 12.9. The van der Waals surface area contributed by atoms with Crippen molar-refractivity contribution in [2.24, 2.45) is 0 Å². The number of ether oxygens (including phenoxy) is 1. The molecule has 3 nitrogen and oxygen atoms in total. The second kappa shape index (κ2) is 4.76. The fraction of sp³-hybridized carbons (Fsp3) is 0.333. The summed E-state index contributed by atoms with van der Waals surface area (Å²) in [6.45, 7) is 0. The minimum absolute atomic E-state index is 0.00894. The van der Waals surface area contributed by atoms with Crippen molar-refractivity contribution in [2.45, 2.75) is 12.5 Å². The maximum Gasteiger partial charge on any atom is 0.268 e. The smallest absolute Gasteiger partial charge is 0.268 e. The van der Waals surface area contributed by atoms with Gasteiger partial charge in [-0.25, -0.2) is 8.78 Å². The number of methoxy groups -OCH3 is 1. The molecule has 0 saturated carbocycles. The van der Waals surface area contributed by atoms with Crippen LogP contribution in [0, 0.1) is 0 Å². The fourth-order valence-corrected chi connectivity index (χ4v) is 1.65. The molecule has 1 aromatic carbocycles. The van der Waals surface area contributed by atoms with Crippen LogP contribution in [0.2, 0.25) is 0 Å². The van der Waals surface area contributed by atoms with E-state index < -0.39 is 12.5 Å². The lowest BCUT2D eigenvalue weighted by Gasteiger charge is -2.14. The standard InChI is InChI=1S/C9H9BrF2O3/c1-15-5-3-2-4(6(10)8(5)14)7(13)9(11)12/h2-3,7,9,13-14H,1H3. The number of rotatable bonds is 3. The Labute approximate surface area is 93.4 Å². The number of aliphatic hydroxyl groups excluding tert-OH is 1. The van der Waals surface area contributed by atoms with Crippen LogP contribution in [0.15, 0.2) is 16.6 Å². The molecule has 0 aliphatic heterocycles. The lowest BCUT2D eigenvalue weighted by atomic mass is 10.1. The third-order valence-corrected chi connectivity index (χ3v) is 2.72. The average molecular weight is 283 g/mol. The fourth-order valence-electron chi connectivity index (χ4n) is 1.09. The number of phenolic OH excluding ortho intramolecular Hbond substituents is 1. The maximum absolute atomic E-state index is 12.2. The molecule has 1 atom stereocenters. The zero-order valence-electron chi connectivity index (χ0n) is 7.75. The molecule has 0 fully saturated rings. The zero-order valence-corrected chi connectivity index (χ0v) is 9.33. The van der Waals surface area contributed by atoms with E-state index in [9.17, 15) is 13.9 Å². The molecular weight excluding hydrogens is 274 g/mol. The van der Waals surface area contributed by atoms with Crippen molar-refractivity contribution in [3.63, 3.8) is 0 Å². The summed E-state index contributed by atoms with van der Waals surface area (Å²) in [5, 5.41) is 18.6. The molecule has 84 valence electrons. The minimum Gasteiger partial charge on any atom is -0.503 e. The number of halogens is 3. The van der Waals surface area contributed by atoms with Gasteiger partial charge in [0.05, 0.1) is 11.6 Å². The number of aliphatic hydroxyl groups is 1. The molecule has 0 bridgehead atoms. The van der Waals surface area contributed by atoms with E-state index in [1.54, 1.807) is 0 Å². The first-order valence-electron chi connectivity index (χ1n) is 4.00. The van der Waals surface area contributed by atoms with E-state index in [0.717, 1.165) is 0 Å². The van der Waals surface area contributed by atoms with Gasteiger partial charge in [0.15, 0.2) is 11.5 Å². The van der Waals surface area contributed by atoms with Crippen molar-refractivity contribution in [1.82, 2.24) is 0 Å². The SMILES string of the molecule is COc1ccc(C(O)C(F)F)c(Br)c1O. The van der Waals surface area contributed by atoms with E-state index in [2.05, 4.69) is 15.9 Å². The first kappa shape index (κ1) is 12.2. The first-order chi connectivity index (χ1) is 6.99. The highest BCUT2D eigenvalue weighted by atomic mass is 79.9. The second-order valence-electron chi connectivity index (χ2n) is 2.80. The Bertz CT molecular complexity index is 357. The number of alkyl halides is 2. The van der Waals surface area contributed by atoms with Gasteiger partial charge in [-0.1, -0.05) is 6.07 Å². The molecule has 0 spiro atoms. The first-order valence-corrected chi connectivity index (χ1v) is 4.80. The number of phenols is 1. The Morgan fingerprint density at radius 3 is 2.47 bits per heavy atom. The molecule has 6 heteroatoms. The summed E-state index contributed by atoms with van der Waals surface area (Å²) in [6.07, 6.45) is -4.84. The van der Waals surface area contributed by atoms with Crippen molar-refractivity contribution in [1.29, 1.82) is 0 Å². The van der Waals surface area contributed by atoms with Crippen molar-refractivity contribution in [3.8, 4) is 11.5 Å². The van der Waals surface area contributed by atoms with E-state index in [1.807, 2.05) is 0 Å². The predicted molar refractivity (Wildman–Crippen MR) is 53.3 cm³/mol. The van der Waals surface area contributed by atoms with Crippen molar-refractivity contribution in [2.75, 3.05) is 7.11 Å². The lowest BCUT2D eigenvalue weighted by Crippen LogP contribution is -2.08. The molecule has 1 aromatic rings. The van der Waals surface area contributed by atoms with E-state index in [4.69, 9.17) is 9.84 Å². The molecule has 15 heavy (non-hydrogen) atoms. The third-order valence-electron chi connectivity index (χ3n) is 1.89. The van der Waals surface area contributed by atoms with Gasteiger partial charge >= 0.3 is 0 Å². The molecule has 0 aliphatic rings. The summed E-state index contributed by atoms with van der Waals surface area (Å²) in [5.74, 6) is -0.165. The summed E-state index contributed by atoms with van der Waals surface area (Å²) in [6, 6.07) is 2.57. The molecular formula is C9H9BrF2O3. The van der Waals surface area contributed by atoms with E-state index in [-0.39, 0.29) is 21.5 Å². The Balaban J connectivity index is 3.17. The highest BCUT2D eigenvalue weighted by molar-refractivity contribution is 9.10. The van der Waals surface area contributed by atoms with Crippen LogP contribution >= 0.6 is 15.9 Å².